The van der Waals surface area contributed by atoms with Gasteiger partial charge in [-0.3, -0.25) is 0 Å². The summed E-state index contributed by atoms with van der Waals surface area (Å²) >= 11 is 11.9. The monoisotopic (exact) mass is 346 g/mol. The highest BCUT2D eigenvalue weighted by atomic mass is 35.5. The molecule has 0 aliphatic rings. The Balaban J connectivity index is 1.91. The average Bonchev–Trinajstić information content (AvgIpc) is 3.04. The number of ether oxygens (including phenoxy) is 1. The number of hydrogen-bond donors (Lipinski definition) is 1. The largest absolute Gasteiger partial charge is 0.366 e. The predicted molar refractivity (Wildman–Crippen MR) is 94.0 cm³/mol. The van der Waals surface area contributed by atoms with Gasteiger partial charge >= 0.3 is 0 Å². The summed E-state index contributed by atoms with van der Waals surface area (Å²) in [5, 5.41) is 1.41. The third-order valence-electron chi connectivity index (χ3n) is 3.51. The molecule has 1 atom stereocenters. The molecule has 118 valence electrons. The molecule has 0 bridgehead atoms. The zero-order chi connectivity index (χ0) is 16.2. The van der Waals surface area contributed by atoms with Crippen molar-refractivity contribution in [3.05, 3.63) is 76.2 Å². The summed E-state index contributed by atoms with van der Waals surface area (Å²) in [6.07, 6.45) is 1.55. The predicted octanol–water partition coefficient (Wildman–Crippen LogP) is 5.51. The topological polar surface area (TPSA) is 37.9 Å². The lowest BCUT2D eigenvalue weighted by molar-refractivity contribution is 0.0858. The average molecular weight is 347 g/mol. The van der Waals surface area contributed by atoms with E-state index in [9.17, 15) is 0 Å². The maximum Gasteiger partial charge on any atom is 0.140 e. The van der Waals surface area contributed by atoms with Crippen molar-refractivity contribution in [2.45, 2.75) is 13.0 Å². The van der Waals surface area contributed by atoms with Crippen LogP contribution in [0.15, 0.2) is 54.7 Å². The Kier molecular flexibility index (Phi) is 5.01. The molecule has 0 spiro atoms. The van der Waals surface area contributed by atoms with Crippen LogP contribution in [0.3, 0.4) is 0 Å². The van der Waals surface area contributed by atoms with Gasteiger partial charge in [0.2, 0.25) is 0 Å². The van der Waals surface area contributed by atoms with Gasteiger partial charge in [-0.05, 0) is 42.3 Å². The van der Waals surface area contributed by atoms with E-state index in [0.29, 0.717) is 16.7 Å². The molecule has 0 amide bonds. The molecule has 3 nitrogen and oxygen atoms in total. The second kappa shape index (κ2) is 7.18. The van der Waals surface area contributed by atoms with E-state index in [1.807, 2.05) is 55.5 Å². The summed E-state index contributed by atoms with van der Waals surface area (Å²) in [4.78, 5) is 7.82. The van der Waals surface area contributed by atoms with Gasteiger partial charge in [0.05, 0.1) is 11.9 Å². The molecule has 2 aromatic carbocycles. The van der Waals surface area contributed by atoms with Crippen LogP contribution in [0.1, 0.15) is 24.4 Å². The number of halogens is 2. The zero-order valence-corrected chi connectivity index (χ0v) is 14.1. The Morgan fingerprint density at radius 2 is 1.61 bits per heavy atom. The molecule has 5 heteroatoms. The molecular weight excluding hydrogens is 331 g/mol. The number of nitrogens with one attached hydrogen (secondary N) is 1. The van der Waals surface area contributed by atoms with E-state index < -0.39 is 0 Å². The maximum absolute atomic E-state index is 5.96. The fourth-order valence-corrected chi connectivity index (χ4v) is 2.64. The Morgan fingerprint density at radius 3 is 2.22 bits per heavy atom. The highest BCUT2D eigenvalue weighted by Gasteiger charge is 2.18. The van der Waals surface area contributed by atoms with Crippen molar-refractivity contribution in [2.75, 3.05) is 6.61 Å². The van der Waals surface area contributed by atoms with Crippen molar-refractivity contribution >= 4 is 23.2 Å². The third kappa shape index (κ3) is 3.75. The van der Waals surface area contributed by atoms with Gasteiger partial charge in [0.1, 0.15) is 11.9 Å². The smallest absolute Gasteiger partial charge is 0.140 e. The molecule has 3 rings (SSSR count). The Bertz CT molecular complexity index is 766. The molecule has 1 aromatic heterocycles. The quantitative estimate of drug-likeness (QED) is 0.661. The number of H-pyrrole nitrogens is 1. The minimum atomic E-state index is -0.252. The number of aromatic nitrogens is 2. The number of aromatic amines is 1. The van der Waals surface area contributed by atoms with Crippen LogP contribution in [0, 0.1) is 0 Å². The van der Waals surface area contributed by atoms with E-state index in [4.69, 9.17) is 27.9 Å². The SMILES string of the molecule is CCO[C@H](c1ccc(Cl)cc1)c1ncc(-c2ccc(Cl)cc2)[nH]1. The van der Waals surface area contributed by atoms with Gasteiger partial charge in [-0.15, -0.1) is 0 Å². The molecule has 23 heavy (non-hydrogen) atoms. The number of hydrogen-bond acceptors (Lipinski definition) is 2. The van der Waals surface area contributed by atoms with Gasteiger partial charge < -0.3 is 9.72 Å². The molecule has 0 radical (unpaired) electrons. The van der Waals surface area contributed by atoms with Crippen LogP contribution in [0.25, 0.3) is 11.3 Å². The molecule has 1 heterocycles. The number of benzene rings is 2. The van der Waals surface area contributed by atoms with E-state index >= 15 is 0 Å². The molecule has 1 N–H and O–H groups in total. The van der Waals surface area contributed by atoms with Crippen molar-refractivity contribution in [1.82, 2.24) is 9.97 Å². The van der Waals surface area contributed by atoms with Crippen molar-refractivity contribution in [2.24, 2.45) is 0 Å². The first-order valence-corrected chi connectivity index (χ1v) is 8.11. The third-order valence-corrected chi connectivity index (χ3v) is 4.01. The molecule has 3 aromatic rings. The lowest BCUT2D eigenvalue weighted by Gasteiger charge is -2.15. The Hall–Kier alpha value is -1.81. The first-order chi connectivity index (χ1) is 11.2. The molecular formula is C18H16Cl2N2O. The van der Waals surface area contributed by atoms with Crippen LogP contribution in [0.4, 0.5) is 0 Å². The van der Waals surface area contributed by atoms with Gasteiger partial charge in [0, 0.05) is 16.7 Å². The fourth-order valence-electron chi connectivity index (χ4n) is 2.38. The maximum atomic E-state index is 5.96. The van der Waals surface area contributed by atoms with E-state index in [1.54, 1.807) is 6.20 Å². The lowest BCUT2D eigenvalue weighted by atomic mass is 10.1. The Labute approximate surface area is 145 Å². The highest BCUT2D eigenvalue weighted by molar-refractivity contribution is 6.30. The molecule has 0 aliphatic carbocycles. The summed E-state index contributed by atoms with van der Waals surface area (Å²) in [6.45, 7) is 2.55. The second-order valence-corrected chi connectivity index (χ2v) is 5.95. The Morgan fingerprint density at radius 1 is 1.00 bits per heavy atom. The van der Waals surface area contributed by atoms with Crippen LogP contribution in [0.5, 0.6) is 0 Å². The molecule has 0 saturated heterocycles. The molecule has 0 unspecified atom stereocenters. The van der Waals surface area contributed by atoms with Crippen LogP contribution in [-0.4, -0.2) is 16.6 Å². The van der Waals surface area contributed by atoms with E-state index in [2.05, 4.69) is 9.97 Å². The van der Waals surface area contributed by atoms with Gasteiger partial charge in [-0.1, -0.05) is 47.5 Å². The standard InChI is InChI=1S/C18H16Cl2N2O/c1-2-23-17(13-5-9-15(20)10-6-13)18-21-11-16(22-18)12-3-7-14(19)8-4-12/h3-11,17H,2H2,1H3,(H,21,22)/t17-/m1/s1. The second-order valence-electron chi connectivity index (χ2n) is 5.08. The van der Waals surface area contributed by atoms with E-state index in [-0.39, 0.29) is 6.10 Å². The van der Waals surface area contributed by atoms with E-state index in [0.717, 1.165) is 22.6 Å². The van der Waals surface area contributed by atoms with E-state index in [1.165, 1.54) is 0 Å². The van der Waals surface area contributed by atoms with Gasteiger partial charge in [0.25, 0.3) is 0 Å². The summed E-state index contributed by atoms with van der Waals surface area (Å²) in [7, 11) is 0. The van der Waals surface area contributed by atoms with Gasteiger partial charge in [-0.25, -0.2) is 4.98 Å². The van der Waals surface area contributed by atoms with Gasteiger partial charge in [-0.2, -0.15) is 0 Å². The van der Waals surface area contributed by atoms with Crippen molar-refractivity contribution in [3.8, 4) is 11.3 Å². The van der Waals surface area contributed by atoms with Crippen molar-refractivity contribution < 1.29 is 4.74 Å². The summed E-state index contributed by atoms with van der Waals surface area (Å²) in [5.41, 5.74) is 2.96. The molecule has 0 fully saturated rings. The number of imidazole rings is 1. The summed E-state index contributed by atoms with van der Waals surface area (Å²) in [6, 6.07) is 15.2. The van der Waals surface area contributed by atoms with Crippen LogP contribution in [0.2, 0.25) is 10.0 Å². The first kappa shape index (κ1) is 16.1. The summed E-state index contributed by atoms with van der Waals surface area (Å²) in [5.74, 6) is 0.763. The minimum Gasteiger partial charge on any atom is -0.366 e. The van der Waals surface area contributed by atoms with Crippen molar-refractivity contribution in [3.63, 3.8) is 0 Å². The highest BCUT2D eigenvalue weighted by Crippen LogP contribution is 2.27. The first-order valence-electron chi connectivity index (χ1n) is 7.35. The lowest BCUT2D eigenvalue weighted by Crippen LogP contribution is -2.08. The van der Waals surface area contributed by atoms with Crippen LogP contribution >= 0.6 is 23.2 Å². The molecule has 0 aliphatic heterocycles. The fraction of sp³-hybridized carbons (Fsp3) is 0.167. The van der Waals surface area contributed by atoms with Crippen LogP contribution in [-0.2, 0) is 4.74 Å². The normalized spacial score (nSPS) is 12.3. The van der Waals surface area contributed by atoms with Crippen LogP contribution < -0.4 is 0 Å². The van der Waals surface area contributed by atoms with Gasteiger partial charge in [0.15, 0.2) is 0 Å². The number of rotatable bonds is 5. The summed E-state index contributed by atoms with van der Waals surface area (Å²) < 4.78 is 5.86. The van der Waals surface area contributed by atoms with Crippen molar-refractivity contribution in [1.29, 1.82) is 0 Å². The zero-order valence-electron chi connectivity index (χ0n) is 12.6. The molecule has 0 saturated carbocycles. The minimum absolute atomic E-state index is 0.252. The number of nitrogens with zero attached hydrogens (tertiary/aromatic N) is 1.